The van der Waals surface area contributed by atoms with E-state index in [9.17, 15) is 0 Å². The number of ether oxygens (including phenoxy) is 3. The second-order valence-corrected chi connectivity index (χ2v) is 6.08. The zero-order chi connectivity index (χ0) is 18.8. The zero-order valence-corrected chi connectivity index (χ0v) is 16.2. The fourth-order valence-corrected chi connectivity index (χ4v) is 2.54. The van der Waals surface area contributed by atoms with E-state index >= 15 is 0 Å². The number of methoxy groups -OCH3 is 2. The van der Waals surface area contributed by atoms with Gasteiger partial charge in [-0.25, -0.2) is 9.97 Å². The first-order chi connectivity index (χ1) is 12.7. The average Bonchev–Trinajstić information content (AvgIpc) is 2.66. The minimum atomic E-state index is 0.592. The van der Waals surface area contributed by atoms with Crippen LogP contribution < -0.4 is 19.5 Å². The highest BCUT2D eigenvalue weighted by Gasteiger charge is 2.07. The van der Waals surface area contributed by atoms with Gasteiger partial charge in [-0.05, 0) is 43.9 Å². The van der Waals surface area contributed by atoms with Crippen molar-refractivity contribution in [3.05, 3.63) is 35.8 Å². The molecule has 142 valence electrons. The predicted octanol–water partition coefficient (Wildman–Crippen LogP) is 4.03. The van der Waals surface area contributed by atoms with Crippen LogP contribution >= 0.6 is 0 Å². The molecule has 0 saturated carbocycles. The Labute approximate surface area is 155 Å². The number of nitrogens with zero attached hydrogens (tertiary/aromatic N) is 2. The summed E-state index contributed by atoms with van der Waals surface area (Å²) in [5.41, 5.74) is 1.16. The van der Waals surface area contributed by atoms with E-state index in [4.69, 9.17) is 14.2 Å². The van der Waals surface area contributed by atoms with E-state index in [1.165, 1.54) is 0 Å². The highest BCUT2D eigenvalue weighted by Crippen LogP contribution is 2.24. The molecule has 2 aromatic rings. The quantitative estimate of drug-likeness (QED) is 0.611. The van der Waals surface area contributed by atoms with Crippen molar-refractivity contribution in [2.75, 3.05) is 32.7 Å². The Morgan fingerprint density at radius 2 is 1.77 bits per heavy atom. The van der Waals surface area contributed by atoms with Crippen LogP contribution in [0.2, 0.25) is 0 Å². The van der Waals surface area contributed by atoms with E-state index in [0.717, 1.165) is 60.9 Å². The summed E-state index contributed by atoms with van der Waals surface area (Å²) in [6.07, 6.45) is 5.72. The molecule has 0 amide bonds. The fourth-order valence-electron chi connectivity index (χ4n) is 2.54. The summed E-state index contributed by atoms with van der Waals surface area (Å²) in [7, 11) is 3.32. The van der Waals surface area contributed by atoms with Crippen molar-refractivity contribution in [3.8, 4) is 17.2 Å². The molecule has 6 nitrogen and oxygen atoms in total. The normalized spacial score (nSPS) is 10.5. The van der Waals surface area contributed by atoms with E-state index in [1.54, 1.807) is 20.4 Å². The maximum absolute atomic E-state index is 5.91. The van der Waals surface area contributed by atoms with Gasteiger partial charge >= 0.3 is 0 Å². The third kappa shape index (κ3) is 6.10. The van der Waals surface area contributed by atoms with Gasteiger partial charge in [0.05, 0.1) is 27.0 Å². The molecule has 0 bridgehead atoms. The van der Waals surface area contributed by atoms with Crippen LogP contribution in [0.1, 0.15) is 37.6 Å². The van der Waals surface area contributed by atoms with Crippen molar-refractivity contribution >= 4 is 5.82 Å². The molecule has 26 heavy (non-hydrogen) atoms. The van der Waals surface area contributed by atoms with Crippen LogP contribution in [0.3, 0.4) is 0 Å². The molecule has 2 rings (SSSR count). The Morgan fingerprint density at radius 1 is 1.04 bits per heavy atom. The summed E-state index contributed by atoms with van der Waals surface area (Å²) >= 11 is 0. The molecule has 1 aromatic heterocycles. The second kappa shape index (κ2) is 10.5. The predicted molar refractivity (Wildman–Crippen MR) is 104 cm³/mol. The average molecular weight is 359 g/mol. The number of benzene rings is 1. The number of aryl methyl sites for hydroxylation is 2. The van der Waals surface area contributed by atoms with E-state index < -0.39 is 0 Å². The molecule has 0 unspecified atom stereocenters. The largest absolute Gasteiger partial charge is 0.497 e. The van der Waals surface area contributed by atoms with Gasteiger partial charge in [-0.15, -0.1) is 0 Å². The van der Waals surface area contributed by atoms with Crippen molar-refractivity contribution in [1.82, 2.24) is 9.97 Å². The molecule has 1 aromatic carbocycles. The van der Waals surface area contributed by atoms with Crippen LogP contribution in [0.5, 0.6) is 17.2 Å². The molecule has 6 heteroatoms. The molecule has 1 N–H and O–H groups in total. The van der Waals surface area contributed by atoms with Crippen LogP contribution in [-0.2, 0) is 6.42 Å². The Hall–Kier alpha value is -2.50. The number of hydrogen-bond acceptors (Lipinski definition) is 6. The maximum atomic E-state index is 5.91. The first-order valence-corrected chi connectivity index (χ1v) is 9.08. The Kier molecular flexibility index (Phi) is 7.99. The number of hydrogen-bond donors (Lipinski definition) is 1. The summed E-state index contributed by atoms with van der Waals surface area (Å²) in [4.78, 5) is 8.69. The summed E-state index contributed by atoms with van der Waals surface area (Å²) in [6, 6.07) is 5.92. The van der Waals surface area contributed by atoms with Crippen molar-refractivity contribution in [2.45, 2.75) is 39.5 Å². The molecule has 1 heterocycles. The lowest BCUT2D eigenvalue weighted by molar-refractivity contribution is 0.309. The molecule has 0 radical (unpaired) electrons. The van der Waals surface area contributed by atoms with Crippen molar-refractivity contribution < 1.29 is 14.2 Å². The monoisotopic (exact) mass is 359 g/mol. The first kappa shape index (κ1) is 19.8. The number of rotatable bonds is 11. The lowest BCUT2D eigenvalue weighted by Gasteiger charge is -2.13. The molecule has 0 aliphatic heterocycles. The topological polar surface area (TPSA) is 65.5 Å². The van der Waals surface area contributed by atoms with Gasteiger partial charge in [-0.2, -0.15) is 0 Å². The molecule has 0 fully saturated rings. The van der Waals surface area contributed by atoms with E-state index in [0.29, 0.717) is 12.4 Å². The van der Waals surface area contributed by atoms with Gasteiger partial charge in [-0.1, -0.05) is 13.3 Å². The molecular formula is C20H29N3O3. The van der Waals surface area contributed by atoms with Gasteiger partial charge < -0.3 is 19.5 Å². The zero-order valence-electron chi connectivity index (χ0n) is 16.2. The first-order valence-electron chi connectivity index (χ1n) is 9.08. The van der Waals surface area contributed by atoms with Crippen LogP contribution in [0.15, 0.2) is 24.4 Å². The van der Waals surface area contributed by atoms with E-state index in [1.807, 2.05) is 25.1 Å². The van der Waals surface area contributed by atoms with Gasteiger partial charge in [0.25, 0.3) is 0 Å². The SMILES string of the molecule is CCCCNc1nc(C)ncc1OCCCc1cc(OC)cc(OC)c1. The standard InChI is InChI=1S/C20H29N3O3/c1-5-6-9-21-20-19(14-22-15(2)23-20)26-10-7-8-16-11-17(24-3)13-18(12-16)25-4/h11-14H,5-10H2,1-4H3,(H,21,22,23). The second-order valence-electron chi connectivity index (χ2n) is 6.08. The minimum Gasteiger partial charge on any atom is -0.497 e. The lowest BCUT2D eigenvalue weighted by atomic mass is 10.1. The Balaban J connectivity index is 1.89. The molecule has 0 spiro atoms. The Bertz CT molecular complexity index is 670. The van der Waals surface area contributed by atoms with Gasteiger partial charge in [0.1, 0.15) is 17.3 Å². The molecular weight excluding hydrogens is 330 g/mol. The number of nitrogens with one attached hydrogen (secondary N) is 1. The van der Waals surface area contributed by atoms with Crippen LogP contribution in [0.4, 0.5) is 5.82 Å². The van der Waals surface area contributed by atoms with Crippen LogP contribution in [-0.4, -0.2) is 37.3 Å². The van der Waals surface area contributed by atoms with Gasteiger partial charge in [-0.3, -0.25) is 0 Å². The maximum Gasteiger partial charge on any atom is 0.179 e. The Morgan fingerprint density at radius 3 is 2.42 bits per heavy atom. The molecule has 0 aliphatic rings. The number of anilines is 1. The van der Waals surface area contributed by atoms with Gasteiger partial charge in [0, 0.05) is 12.6 Å². The van der Waals surface area contributed by atoms with Crippen LogP contribution in [0.25, 0.3) is 0 Å². The van der Waals surface area contributed by atoms with Gasteiger partial charge in [0.2, 0.25) is 0 Å². The molecule has 0 aliphatic carbocycles. The summed E-state index contributed by atoms with van der Waals surface area (Å²) in [6.45, 7) is 5.52. The number of unbranched alkanes of at least 4 members (excludes halogenated alkanes) is 1. The van der Waals surface area contributed by atoms with Crippen molar-refractivity contribution in [2.24, 2.45) is 0 Å². The summed E-state index contributed by atoms with van der Waals surface area (Å²) < 4.78 is 16.5. The smallest absolute Gasteiger partial charge is 0.179 e. The number of aromatic nitrogens is 2. The van der Waals surface area contributed by atoms with E-state index in [2.05, 4.69) is 22.2 Å². The minimum absolute atomic E-state index is 0.592. The molecule has 0 saturated heterocycles. The third-order valence-corrected chi connectivity index (χ3v) is 3.98. The van der Waals surface area contributed by atoms with Crippen LogP contribution in [0, 0.1) is 6.92 Å². The van der Waals surface area contributed by atoms with Crippen molar-refractivity contribution in [3.63, 3.8) is 0 Å². The lowest BCUT2D eigenvalue weighted by Crippen LogP contribution is -2.08. The summed E-state index contributed by atoms with van der Waals surface area (Å²) in [5.74, 6) is 3.81. The highest BCUT2D eigenvalue weighted by atomic mass is 16.5. The van der Waals surface area contributed by atoms with Crippen molar-refractivity contribution in [1.29, 1.82) is 0 Å². The third-order valence-electron chi connectivity index (χ3n) is 3.98. The van der Waals surface area contributed by atoms with E-state index in [-0.39, 0.29) is 0 Å². The molecule has 0 atom stereocenters. The highest BCUT2D eigenvalue weighted by molar-refractivity contribution is 5.48. The summed E-state index contributed by atoms with van der Waals surface area (Å²) in [5, 5.41) is 3.33. The van der Waals surface area contributed by atoms with Gasteiger partial charge in [0.15, 0.2) is 11.6 Å². The fraction of sp³-hybridized carbons (Fsp3) is 0.500.